The van der Waals surface area contributed by atoms with Crippen LogP contribution in [-0.4, -0.2) is 31.5 Å². The first-order valence-corrected chi connectivity index (χ1v) is 8.82. The average Bonchev–Trinajstić information content (AvgIpc) is 2.69. The van der Waals surface area contributed by atoms with Gasteiger partial charge >= 0.3 is 0 Å². The fraction of sp³-hybridized carbons (Fsp3) is 0.300. The maximum Gasteiger partial charge on any atom is 0.258 e. The van der Waals surface area contributed by atoms with E-state index in [0.29, 0.717) is 11.8 Å². The molecule has 0 aliphatic carbocycles. The summed E-state index contributed by atoms with van der Waals surface area (Å²) in [4.78, 5) is 23.5. The summed E-state index contributed by atoms with van der Waals surface area (Å²) in [6.07, 6.45) is 2.02. The van der Waals surface area contributed by atoms with Gasteiger partial charge in [-0.15, -0.1) is 0 Å². The maximum atomic E-state index is 13.5. The predicted octanol–water partition coefficient (Wildman–Crippen LogP) is 2.98. The first-order chi connectivity index (χ1) is 13.4. The highest BCUT2D eigenvalue weighted by Gasteiger charge is 2.18. The number of ether oxygens (including phenoxy) is 1. The van der Waals surface area contributed by atoms with Gasteiger partial charge in [0.25, 0.3) is 11.8 Å². The molecule has 0 spiro atoms. The molecule has 8 heteroatoms. The fourth-order valence-electron chi connectivity index (χ4n) is 2.42. The molecule has 0 fully saturated rings. The van der Waals surface area contributed by atoms with Crippen molar-refractivity contribution in [1.29, 1.82) is 0 Å². The van der Waals surface area contributed by atoms with Crippen LogP contribution in [0.4, 0.5) is 13.2 Å². The molecule has 0 saturated heterocycles. The minimum Gasteiger partial charge on any atom is -0.484 e. The zero-order valence-corrected chi connectivity index (χ0v) is 15.4. The molecule has 2 aromatic rings. The Morgan fingerprint density at radius 1 is 0.929 bits per heavy atom. The molecular formula is C20H21F3N2O3. The molecule has 5 nitrogen and oxygen atoms in total. The molecule has 150 valence electrons. The molecular weight excluding hydrogens is 373 g/mol. The van der Waals surface area contributed by atoms with Crippen molar-refractivity contribution in [3.8, 4) is 5.75 Å². The number of rotatable bonds is 9. The van der Waals surface area contributed by atoms with Crippen LogP contribution >= 0.6 is 0 Å². The summed E-state index contributed by atoms with van der Waals surface area (Å²) in [5.41, 5.74) is 0.576. The summed E-state index contributed by atoms with van der Waals surface area (Å²) in [5.74, 6) is -5.38. The van der Waals surface area contributed by atoms with Gasteiger partial charge in [0, 0.05) is 13.1 Å². The molecule has 0 bridgehead atoms. The van der Waals surface area contributed by atoms with E-state index in [0.717, 1.165) is 18.9 Å². The van der Waals surface area contributed by atoms with E-state index in [2.05, 4.69) is 17.6 Å². The van der Waals surface area contributed by atoms with Gasteiger partial charge in [-0.25, -0.2) is 13.2 Å². The molecule has 0 aliphatic heterocycles. The van der Waals surface area contributed by atoms with E-state index >= 15 is 0 Å². The van der Waals surface area contributed by atoms with E-state index in [1.54, 1.807) is 12.1 Å². The maximum absolute atomic E-state index is 13.5. The number of carbonyl (C=O) groups is 2. The Balaban J connectivity index is 1.69. The van der Waals surface area contributed by atoms with Crippen molar-refractivity contribution in [2.24, 2.45) is 0 Å². The van der Waals surface area contributed by atoms with Crippen LogP contribution in [-0.2, 0) is 11.2 Å². The first kappa shape index (κ1) is 21.3. The number of hydrogen-bond acceptors (Lipinski definition) is 3. The van der Waals surface area contributed by atoms with Gasteiger partial charge in [-0.3, -0.25) is 9.59 Å². The van der Waals surface area contributed by atoms with Crippen molar-refractivity contribution in [2.75, 3.05) is 19.7 Å². The van der Waals surface area contributed by atoms with Gasteiger partial charge < -0.3 is 15.4 Å². The van der Waals surface area contributed by atoms with Crippen LogP contribution in [0.5, 0.6) is 5.75 Å². The number of carbonyl (C=O) groups excluding carboxylic acids is 2. The lowest BCUT2D eigenvalue weighted by molar-refractivity contribution is -0.123. The number of nitrogens with one attached hydrogen (secondary N) is 2. The van der Waals surface area contributed by atoms with Crippen LogP contribution in [0, 0.1) is 17.5 Å². The van der Waals surface area contributed by atoms with Crippen molar-refractivity contribution < 1.29 is 27.5 Å². The Labute approximate surface area is 160 Å². The summed E-state index contributed by atoms with van der Waals surface area (Å²) in [5, 5.41) is 4.83. The van der Waals surface area contributed by atoms with E-state index in [9.17, 15) is 22.8 Å². The van der Waals surface area contributed by atoms with E-state index < -0.39 is 34.8 Å². The predicted molar refractivity (Wildman–Crippen MR) is 97.6 cm³/mol. The molecule has 0 saturated carbocycles. The van der Waals surface area contributed by atoms with Crippen LogP contribution in [0.2, 0.25) is 0 Å². The van der Waals surface area contributed by atoms with Gasteiger partial charge in [0.15, 0.2) is 24.1 Å². The zero-order valence-electron chi connectivity index (χ0n) is 15.4. The Morgan fingerprint density at radius 3 is 2.29 bits per heavy atom. The SMILES string of the molecule is CCCc1ccc(OCC(=O)NCCNC(=O)c2ccc(F)c(F)c2F)cc1. The van der Waals surface area contributed by atoms with E-state index in [-0.39, 0.29) is 19.7 Å². The monoisotopic (exact) mass is 394 g/mol. The minimum absolute atomic E-state index is 0.0191. The molecule has 2 N–H and O–H groups in total. The molecule has 2 amide bonds. The Kier molecular flexibility index (Phi) is 7.86. The Bertz CT molecular complexity index is 826. The molecule has 0 heterocycles. The lowest BCUT2D eigenvalue weighted by atomic mass is 10.1. The van der Waals surface area contributed by atoms with Crippen molar-refractivity contribution in [3.63, 3.8) is 0 Å². The average molecular weight is 394 g/mol. The second-order valence-corrected chi connectivity index (χ2v) is 6.01. The van der Waals surface area contributed by atoms with Crippen LogP contribution in [0.1, 0.15) is 29.3 Å². The fourth-order valence-corrected chi connectivity index (χ4v) is 2.42. The standard InChI is InChI=1S/C20H21F3N2O3/c1-2-3-13-4-6-14(7-5-13)28-12-17(26)24-10-11-25-20(27)15-8-9-16(21)19(23)18(15)22/h4-9H,2-3,10-12H2,1H3,(H,24,26)(H,25,27). The van der Waals surface area contributed by atoms with Gasteiger partial charge in [0.1, 0.15) is 5.75 Å². The number of benzene rings is 2. The molecule has 28 heavy (non-hydrogen) atoms. The topological polar surface area (TPSA) is 67.4 Å². The highest BCUT2D eigenvalue weighted by molar-refractivity contribution is 5.94. The summed E-state index contributed by atoms with van der Waals surface area (Å²) in [6.45, 7) is 1.94. The van der Waals surface area contributed by atoms with E-state index in [1.165, 1.54) is 5.56 Å². The Morgan fingerprint density at radius 2 is 1.61 bits per heavy atom. The van der Waals surface area contributed by atoms with E-state index in [1.807, 2.05) is 12.1 Å². The summed E-state index contributed by atoms with van der Waals surface area (Å²) >= 11 is 0. The van der Waals surface area contributed by atoms with Crippen LogP contribution < -0.4 is 15.4 Å². The largest absolute Gasteiger partial charge is 0.484 e. The van der Waals surface area contributed by atoms with Crippen molar-refractivity contribution >= 4 is 11.8 Å². The number of amides is 2. The van der Waals surface area contributed by atoms with Crippen LogP contribution in [0.15, 0.2) is 36.4 Å². The van der Waals surface area contributed by atoms with Gasteiger partial charge in [-0.2, -0.15) is 0 Å². The normalized spacial score (nSPS) is 10.4. The third-order valence-corrected chi connectivity index (χ3v) is 3.84. The van der Waals surface area contributed by atoms with Gasteiger partial charge in [0.05, 0.1) is 5.56 Å². The summed E-state index contributed by atoms with van der Waals surface area (Å²) < 4.78 is 44.9. The third-order valence-electron chi connectivity index (χ3n) is 3.84. The van der Waals surface area contributed by atoms with Crippen LogP contribution in [0.25, 0.3) is 0 Å². The highest BCUT2D eigenvalue weighted by Crippen LogP contribution is 2.15. The Hall–Kier alpha value is -3.03. The summed E-state index contributed by atoms with van der Waals surface area (Å²) in [6, 6.07) is 8.96. The molecule has 0 atom stereocenters. The lowest BCUT2D eigenvalue weighted by Crippen LogP contribution is -2.37. The smallest absolute Gasteiger partial charge is 0.258 e. The number of hydrogen-bond donors (Lipinski definition) is 2. The number of aryl methyl sites for hydroxylation is 1. The third kappa shape index (κ3) is 6.00. The quantitative estimate of drug-likeness (QED) is 0.508. The van der Waals surface area contributed by atoms with Crippen LogP contribution in [0.3, 0.4) is 0 Å². The van der Waals surface area contributed by atoms with Gasteiger partial charge in [0.2, 0.25) is 0 Å². The molecule has 0 aromatic heterocycles. The van der Waals surface area contributed by atoms with Crippen molar-refractivity contribution in [3.05, 3.63) is 65.0 Å². The first-order valence-electron chi connectivity index (χ1n) is 8.82. The molecule has 2 aromatic carbocycles. The van der Waals surface area contributed by atoms with Crippen molar-refractivity contribution in [2.45, 2.75) is 19.8 Å². The second-order valence-electron chi connectivity index (χ2n) is 6.01. The van der Waals surface area contributed by atoms with Crippen molar-refractivity contribution in [1.82, 2.24) is 10.6 Å². The number of halogens is 3. The molecule has 2 rings (SSSR count). The van der Waals surface area contributed by atoms with Gasteiger partial charge in [-0.1, -0.05) is 25.5 Å². The lowest BCUT2D eigenvalue weighted by Gasteiger charge is -2.09. The second kappa shape index (κ2) is 10.3. The van der Waals surface area contributed by atoms with Gasteiger partial charge in [-0.05, 0) is 36.2 Å². The summed E-state index contributed by atoms with van der Waals surface area (Å²) in [7, 11) is 0. The highest BCUT2D eigenvalue weighted by atomic mass is 19.2. The van der Waals surface area contributed by atoms with E-state index in [4.69, 9.17) is 4.74 Å². The minimum atomic E-state index is -1.71. The molecule has 0 aliphatic rings. The molecule has 0 unspecified atom stereocenters. The zero-order chi connectivity index (χ0) is 20.5. The molecule has 0 radical (unpaired) electrons.